The topological polar surface area (TPSA) is 98.7 Å². The second-order valence-corrected chi connectivity index (χ2v) is 7.49. The lowest BCUT2D eigenvalue weighted by atomic mass is 10.3. The average molecular weight is 416 g/mol. The SMILES string of the molecule is O=C(CCc1nc(-c2cccs2)no1)Nc1ccc(-n2cnc3ccccc32)nc1. The molecule has 0 radical (unpaired) electrons. The molecule has 148 valence electrons. The summed E-state index contributed by atoms with van der Waals surface area (Å²) in [7, 11) is 0. The number of aryl methyl sites for hydroxylation is 1. The first-order valence-electron chi connectivity index (χ1n) is 9.31. The van der Waals surface area contributed by atoms with Gasteiger partial charge >= 0.3 is 0 Å². The van der Waals surface area contributed by atoms with Gasteiger partial charge in [-0.25, -0.2) is 9.97 Å². The van der Waals surface area contributed by atoms with Gasteiger partial charge in [0.15, 0.2) is 0 Å². The summed E-state index contributed by atoms with van der Waals surface area (Å²) in [5.74, 6) is 1.57. The van der Waals surface area contributed by atoms with Gasteiger partial charge in [-0.15, -0.1) is 11.3 Å². The number of thiophene rings is 1. The Balaban J connectivity index is 1.20. The van der Waals surface area contributed by atoms with E-state index in [1.165, 1.54) is 11.3 Å². The molecule has 0 atom stereocenters. The van der Waals surface area contributed by atoms with Gasteiger partial charge < -0.3 is 9.84 Å². The summed E-state index contributed by atoms with van der Waals surface area (Å²) in [5.41, 5.74) is 2.50. The number of nitrogens with one attached hydrogen (secondary N) is 1. The predicted octanol–water partition coefficient (Wildman–Crippen LogP) is 4.10. The minimum absolute atomic E-state index is 0.145. The number of amides is 1. The molecule has 30 heavy (non-hydrogen) atoms. The van der Waals surface area contributed by atoms with Crippen molar-refractivity contribution in [2.75, 3.05) is 5.32 Å². The molecule has 0 aliphatic rings. The Hall–Kier alpha value is -3.85. The fraction of sp³-hybridized carbons (Fsp3) is 0.0952. The highest BCUT2D eigenvalue weighted by Gasteiger charge is 2.12. The van der Waals surface area contributed by atoms with Gasteiger partial charge in [-0.3, -0.25) is 9.36 Å². The summed E-state index contributed by atoms with van der Waals surface area (Å²) in [5, 5.41) is 8.75. The maximum atomic E-state index is 12.3. The third-order valence-corrected chi connectivity index (χ3v) is 5.37. The van der Waals surface area contributed by atoms with Crippen LogP contribution in [0.2, 0.25) is 0 Å². The van der Waals surface area contributed by atoms with Crippen LogP contribution in [0.4, 0.5) is 5.69 Å². The van der Waals surface area contributed by atoms with Gasteiger partial charge in [0.1, 0.15) is 12.1 Å². The van der Waals surface area contributed by atoms with Gasteiger partial charge in [0.25, 0.3) is 0 Å². The maximum absolute atomic E-state index is 12.3. The maximum Gasteiger partial charge on any atom is 0.227 e. The first kappa shape index (κ1) is 18.2. The third kappa shape index (κ3) is 3.70. The largest absolute Gasteiger partial charge is 0.339 e. The summed E-state index contributed by atoms with van der Waals surface area (Å²) >= 11 is 1.54. The Bertz CT molecular complexity index is 1290. The van der Waals surface area contributed by atoms with Gasteiger partial charge in [-0.1, -0.05) is 23.4 Å². The minimum atomic E-state index is -0.145. The Morgan fingerprint density at radius 1 is 1.10 bits per heavy atom. The summed E-state index contributed by atoms with van der Waals surface area (Å²) < 4.78 is 7.13. The van der Waals surface area contributed by atoms with Crippen molar-refractivity contribution in [3.05, 3.63) is 72.3 Å². The summed E-state index contributed by atoms with van der Waals surface area (Å²) in [6.45, 7) is 0. The molecule has 0 aliphatic carbocycles. The molecule has 4 aromatic heterocycles. The second kappa shape index (κ2) is 7.88. The van der Waals surface area contributed by atoms with Crippen LogP contribution in [-0.4, -0.2) is 30.6 Å². The number of hydrogen-bond donors (Lipinski definition) is 1. The zero-order valence-corrected chi connectivity index (χ0v) is 16.5. The van der Waals surface area contributed by atoms with Crippen molar-refractivity contribution >= 4 is 34.0 Å². The summed E-state index contributed by atoms with van der Waals surface area (Å²) in [6, 6.07) is 15.4. The molecule has 0 saturated heterocycles. The Kier molecular flexibility index (Phi) is 4.78. The molecule has 0 bridgehead atoms. The number of rotatable bonds is 6. The van der Waals surface area contributed by atoms with Crippen LogP contribution >= 0.6 is 11.3 Å². The quantitative estimate of drug-likeness (QED) is 0.447. The van der Waals surface area contributed by atoms with E-state index in [9.17, 15) is 4.79 Å². The summed E-state index contributed by atoms with van der Waals surface area (Å²) in [6.07, 6.45) is 3.97. The molecular weight excluding hydrogens is 400 g/mol. The van der Waals surface area contributed by atoms with Gasteiger partial charge in [-0.05, 0) is 35.7 Å². The molecule has 5 aromatic rings. The van der Waals surface area contributed by atoms with Gasteiger partial charge in [0.2, 0.25) is 17.6 Å². The number of benzene rings is 1. The molecular formula is C21H16N6O2S. The van der Waals surface area contributed by atoms with Gasteiger partial charge in [0, 0.05) is 12.8 Å². The van der Waals surface area contributed by atoms with Crippen molar-refractivity contribution in [3.8, 4) is 16.5 Å². The molecule has 0 fully saturated rings. The number of pyridine rings is 1. The zero-order chi connectivity index (χ0) is 20.3. The number of anilines is 1. The van der Waals surface area contributed by atoms with Crippen molar-refractivity contribution < 1.29 is 9.32 Å². The fourth-order valence-corrected chi connectivity index (χ4v) is 3.70. The van der Waals surface area contributed by atoms with E-state index in [4.69, 9.17) is 4.52 Å². The molecule has 0 saturated carbocycles. The smallest absolute Gasteiger partial charge is 0.227 e. The normalized spacial score (nSPS) is 11.1. The van der Waals surface area contributed by atoms with Crippen molar-refractivity contribution in [2.45, 2.75) is 12.8 Å². The number of nitrogens with zero attached hydrogens (tertiary/aromatic N) is 5. The minimum Gasteiger partial charge on any atom is -0.339 e. The van der Waals surface area contributed by atoms with E-state index < -0.39 is 0 Å². The third-order valence-electron chi connectivity index (χ3n) is 4.51. The van der Waals surface area contributed by atoms with E-state index in [-0.39, 0.29) is 12.3 Å². The van der Waals surface area contributed by atoms with Crippen LogP contribution < -0.4 is 5.32 Å². The highest BCUT2D eigenvalue weighted by molar-refractivity contribution is 7.13. The van der Waals surface area contributed by atoms with Crippen LogP contribution in [0.25, 0.3) is 27.6 Å². The molecule has 5 rings (SSSR count). The van der Waals surface area contributed by atoms with Crippen LogP contribution in [0.3, 0.4) is 0 Å². The molecule has 9 heteroatoms. The van der Waals surface area contributed by atoms with Crippen LogP contribution in [0.1, 0.15) is 12.3 Å². The van der Waals surface area contributed by atoms with E-state index in [1.807, 2.05) is 58.5 Å². The number of hydrogen-bond acceptors (Lipinski definition) is 7. The van der Waals surface area contributed by atoms with Gasteiger partial charge in [0.05, 0.1) is 27.8 Å². The molecule has 0 unspecified atom stereocenters. The first-order chi connectivity index (χ1) is 14.8. The average Bonchev–Trinajstić information content (AvgIpc) is 3.53. The lowest BCUT2D eigenvalue weighted by Crippen LogP contribution is -2.12. The fourth-order valence-electron chi connectivity index (χ4n) is 3.05. The van der Waals surface area contributed by atoms with Crippen molar-refractivity contribution in [1.29, 1.82) is 0 Å². The monoisotopic (exact) mass is 416 g/mol. The van der Waals surface area contributed by atoms with E-state index in [0.29, 0.717) is 23.8 Å². The van der Waals surface area contributed by atoms with Crippen molar-refractivity contribution in [3.63, 3.8) is 0 Å². The van der Waals surface area contributed by atoms with Gasteiger partial charge in [-0.2, -0.15) is 4.98 Å². The standard InChI is InChI=1S/C21H16N6O2S/c28-19(9-10-20-25-21(26-29-20)17-6-3-11-30-17)24-14-7-8-18(22-12-14)27-13-23-15-4-1-2-5-16(15)27/h1-8,11-13H,9-10H2,(H,24,28). The molecule has 0 spiro atoms. The Morgan fingerprint density at radius 3 is 2.87 bits per heavy atom. The molecule has 8 nitrogen and oxygen atoms in total. The number of aromatic nitrogens is 5. The number of imidazole rings is 1. The van der Waals surface area contributed by atoms with E-state index in [2.05, 4.69) is 25.4 Å². The van der Waals surface area contributed by atoms with Crippen LogP contribution in [0, 0.1) is 0 Å². The molecule has 0 aliphatic heterocycles. The molecule has 1 amide bonds. The predicted molar refractivity (Wildman–Crippen MR) is 113 cm³/mol. The molecule has 4 heterocycles. The lowest BCUT2D eigenvalue weighted by Gasteiger charge is -2.06. The Morgan fingerprint density at radius 2 is 2.03 bits per heavy atom. The lowest BCUT2D eigenvalue weighted by molar-refractivity contribution is -0.116. The van der Waals surface area contributed by atoms with Crippen molar-refractivity contribution in [1.82, 2.24) is 24.7 Å². The number of carbonyl (C=O) groups is 1. The summed E-state index contributed by atoms with van der Waals surface area (Å²) in [4.78, 5) is 26.3. The molecule has 1 aromatic carbocycles. The van der Waals surface area contributed by atoms with Crippen LogP contribution in [-0.2, 0) is 11.2 Å². The number of carbonyl (C=O) groups excluding carboxylic acids is 1. The van der Waals surface area contributed by atoms with Crippen molar-refractivity contribution in [2.24, 2.45) is 0 Å². The van der Waals surface area contributed by atoms with E-state index in [1.54, 1.807) is 12.5 Å². The number of fused-ring (bicyclic) bond motifs is 1. The highest BCUT2D eigenvalue weighted by atomic mass is 32.1. The first-order valence-corrected chi connectivity index (χ1v) is 10.2. The Labute approximate surface area is 175 Å². The highest BCUT2D eigenvalue weighted by Crippen LogP contribution is 2.22. The number of para-hydroxylation sites is 2. The second-order valence-electron chi connectivity index (χ2n) is 6.55. The van der Waals surface area contributed by atoms with Crippen LogP contribution in [0.5, 0.6) is 0 Å². The van der Waals surface area contributed by atoms with E-state index in [0.717, 1.165) is 21.7 Å². The van der Waals surface area contributed by atoms with E-state index >= 15 is 0 Å². The van der Waals surface area contributed by atoms with Crippen LogP contribution in [0.15, 0.2) is 71.0 Å². The zero-order valence-electron chi connectivity index (χ0n) is 15.7. The molecule has 1 N–H and O–H groups in total.